The third kappa shape index (κ3) is 3.37. The van der Waals surface area contributed by atoms with Gasteiger partial charge < -0.3 is 0 Å². The van der Waals surface area contributed by atoms with E-state index in [4.69, 9.17) is 0 Å². The lowest BCUT2D eigenvalue weighted by Gasteiger charge is -2.30. The fourth-order valence-electron chi connectivity index (χ4n) is 3.77. The molecule has 0 saturated carbocycles. The topological polar surface area (TPSA) is 26.9 Å². The molecule has 0 N–H and O–H groups in total. The summed E-state index contributed by atoms with van der Waals surface area (Å²) in [6.45, 7) is 12.5. The molecule has 0 saturated heterocycles. The molecule has 1 aliphatic heterocycles. The second kappa shape index (κ2) is 6.70. The Labute approximate surface area is 150 Å². The fourth-order valence-corrected chi connectivity index (χ4v) is 3.77. The van der Waals surface area contributed by atoms with Gasteiger partial charge in [0.1, 0.15) is 0 Å². The highest BCUT2D eigenvalue weighted by atomic mass is 16.1. The molecular formula is C22H30N2O. The Kier molecular flexibility index (Phi) is 4.77. The van der Waals surface area contributed by atoms with Gasteiger partial charge in [-0.05, 0) is 57.1 Å². The van der Waals surface area contributed by atoms with Crippen LogP contribution in [0.1, 0.15) is 59.4 Å². The van der Waals surface area contributed by atoms with E-state index in [1.165, 1.54) is 16.7 Å². The van der Waals surface area contributed by atoms with Crippen LogP contribution in [0, 0.1) is 0 Å². The van der Waals surface area contributed by atoms with Gasteiger partial charge in [-0.1, -0.05) is 49.3 Å². The molecular weight excluding hydrogens is 308 g/mol. The van der Waals surface area contributed by atoms with Crippen molar-refractivity contribution in [1.82, 2.24) is 9.13 Å². The number of benzene rings is 1. The minimum Gasteiger partial charge on any atom is -0.292 e. The van der Waals surface area contributed by atoms with Gasteiger partial charge in [0, 0.05) is 13.1 Å². The van der Waals surface area contributed by atoms with Crippen LogP contribution in [0.3, 0.4) is 0 Å². The molecule has 1 aromatic heterocycles. The number of rotatable bonds is 5. The summed E-state index contributed by atoms with van der Waals surface area (Å²) in [6.07, 6.45) is 7.61. The SMILES string of the molecule is CC(C)=CCC/C(C)=C/Cn1c(=O)n2c3c(cccc31)C(C)(C)CC2. The second-order valence-electron chi connectivity index (χ2n) is 8.22. The average molecular weight is 338 g/mol. The summed E-state index contributed by atoms with van der Waals surface area (Å²) >= 11 is 0. The van der Waals surface area contributed by atoms with Gasteiger partial charge >= 0.3 is 5.69 Å². The van der Waals surface area contributed by atoms with Crippen molar-refractivity contribution in [1.29, 1.82) is 0 Å². The summed E-state index contributed by atoms with van der Waals surface area (Å²) in [5, 5.41) is 0. The highest BCUT2D eigenvalue weighted by Gasteiger charge is 2.30. The first-order valence-corrected chi connectivity index (χ1v) is 9.33. The third-order valence-electron chi connectivity index (χ3n) is 5.44. The molecule has 0 aliphatic carbocycles. The number of nitrogens with zero attached hydrogens (tertiary/aromatic N) is 2. The van der Waals surface area contributed by atoms with Gasteiger partial charge in [0.05, 0.1) is 11.0 Å². The Balaban J connectivity index is 1.94. The molecule has 3 rings (SSSR count). The maximum atomic E-state index is 12.9. The highest BCUT2D eigenvalue weighted by Crippen LogP contribution is 2.36. The lowest BCUT2D eigenvalue weighted by molar-refractivity contribution is 0.416. The zero-order valence-electron chi connectivity index (χ0n) is 16.2. The van der Waals surface area contributed by atoms with Gasteiger partial charge in [0.15, 0.2) is 0 Å². The maximum Gasteiger partial charge on any atom is 0.329 e. The van der Waals surface area contributed by atoms with Gasteiger partial charge in [-0.15, -0.1) is 0 Å². The number of hydrogen-bond donors (Lipinski definition) is 0. The third-order valence-corrected chi connectivity index (χ3v) is 5.44. The molecule has 2 heterocycles. The zero-order valence-corrected chi connectivity index (χ0v) is 16.2. The van der Waals surface area contributed by atoms with E-state index in [0.717, 1.165) is 36.8 Å². The van der Waals surface area contributed by atoms with Crippen LogP contribution in [0.15, 0.2) is 46.3 Å². The van der Waals surface area contributed by atoms with Gasteiger partial charge in [-0.25, -0.2) is 4.79 Å². The first-order chi connectivity index (χ1) is 11.8. The molecule has 0 spiro atoms. The van der Waals surface area contributed by atoms with Gasteiger partial charge in [0.2, 0.25) is 0 Å². The normalized spacial score (nSPS) is 16.3. The van der Waals surface area contributed by atoms with Crippen molar-refractivity contribution in [2.24, 2.45) is 0 Å². The second-order valence-corrected chi connectivity index (χ2v) is 8.22. The minimum absolute atomic E-state index is 0.131. The van der Waals surface area contributed by atoms with E-state index in [9.17, 15) is 4.79 Å². The van der Waals surface area contributed by atoms with Gasteiger partial charge in [0.25, 0.3) is 0 Å². The van der Waals surface area contributed by atoms with Crippen LogP contribution < -0.4 is 5.69 Å². The highest BCUT2D eigenvalue weighted by molar-refractivity contribution is 5.81. The molecule has 1 aliphatic rings. The lowest BCUT2D eigenvalue weighted by atomic mass is 9.79. The van der Waals surface area contributed by atoms with Crippen molar-refractivity contribution in [2.45, 2.75) is 72.4 Å². The zero-order chi connectivity index (χ0) is 18.2. The average Bonchev–Trinajstić information content (AvgIpc) is 2.81. The van der Waals surface area contributed by atoms with E-state index in [0.29, 0.717) is 6.54 Å². The van der Waals surface area contributed by atoms with E-state index in [1.807, 2.05) is 9.13 Å². The van der Waals surface area contributed by atoms with Crippen LogP contribution in [0.2, 0.25) is 0 Å². The van der Waals surface area contributed by atoms with Crippen LogP contribution in [0.5, 0.6) is 0 Å². The summed E-state index contributed by atoms with van der Waals surface area (Å²) in [6, 6.07) is 6.36. The number of aryl methyl sites for hydroxylation is 1. The quantitative estimate of drug-likeness (QED) is 0.690. The molecule has 134 valence electrons. The molecule has 25 heavy (non-hydrogen) atoms. The minimum atomic E-state index is 0.131. The van der Waals surface area contributed by atoms with E-state index >= 15 is 0 Å². The Bertz CT molecular complexity index is 902. The number of aromatic nitrogens is 2. The Morgan fingerprint density at radius 3 is 2.68 bits per heavy atom. The summed E-state index contributed by atoms with van der Waals surface area (Å²) in [5.41, 5.74) is 6.48. The standard InChI is InChI=1S/C22H30N2O/c1-16(2)8-6-9-17(3)12-14-23-19-11-7-10-18-20(19)24(21(23)25)15-13-22(18,4)5/h7-8,10-12H,6,9,13-15H2,1-5H3/b17-12+. The molecule has 0 radical (unpaired) electrons. The number of imidazole rings is 1. The summed E-state index contributed by atoms with van der Waals surface area (Å²) in [5.74, 6) is 0. The summed E-state index contributed by atoms with van der Waals surface area (Å²) in [7, 11) is 0. The van der Waals surface area contributed by atoms with Gasteiger partial charge in [-0.3, -0.25) is 9.13 Å². The van der Waals surface area contributed by atoms with Crippen LogP contribution in [0.4, 0.5) is 0 Å². The smallest absolute Gasteiger partial charge is 0.292 e. The van der Waals surface area contributed by atoms with Crippen molar-refractivity contribution < 1.29 is 0 Å². The van der Waals surface area contributed by atoms with Crippen LogP contribution in [-0.4, -0.2) is 9.13 Å². The van der Waals surface area contributed by atoms with Crippen molar-refractivity contribution >= 4 is 11.0 Å². The van der Waals surface area contributed by atoms with E-state index in [1.54, 1.807) is 0 Å². The number of hydrogen-bond acceptors (Lipinski definition) is 1. The predicted octanol–water partition coefficient (Wildman–Crippen LogP) is 5.18. The van der Waals surface area contributed by atoms with E-state index < -0.39 is 0 Å². The van der Waals surface area contributed by atoms with Gasteiger partial charge in [-0.2, -0.15) is 0 Å². The molecule has 1 aromatic carbocycles. The molecule has 3 heteroatoms. The van der Waals surface area contributed by atoms with Crippen molar-refractivity contribution in [3.8, 4) is 0 Å². The predicted molar refractivity (Wildman–Crippen MR) is 106 cm³/mol. The summed E-state index contributed by atoms with van der Waals surface area (Å²) < 4.78 is 3.91. The van der Waals surface area contributed by atoms with E-state index in [2.05, 4.69) is 65.0 Å². The lowest BCUT2D eigenvalue weighted by Crippen LogP contribution is -2.31. The summed E-state index contributed by atoms with van der Waals surface area (Å²) in [4.78, 5) is 12.9. The van der Waals surface area contributed by atoms with Crippen molar-refractivity contribution in [3.63, 3.8) is 0 Å². The largest absolute Gasteiger partial charge is 0.329 e. The van der Waals surface area contributed by atoms with Crippen LogP contribution in [-0.2, 0) is 18.5 Å². The molecule has 0 amide bonds. The number of allylic oxidation sites excluding steroid dienone is 4. The fraction of sp³-hybridized carbons (Fsp3) is 0.500. The van der Waals surface area contributed by atoms with Crippen molar-refractivity contribution in [2.75, 3.05) is 0 Å². The molecule has 3 nitrogen and oxygen atoms in total. The Morgan fingerprint density at radius 1 is 1.20 bits per heavy atom. The first kappa shape index (κ1) is 17.8. The number of para-hydroxylation sites is 1. The first-order valence-electron chi connectivity index (χ1n) is 9.33. The molecule has 2 aromatic rings. The van der Waals surface area contributed by atoms with Crippen LogP contribution in [0.25, 0.3) is 11.0 Å². The Hall–Kier alpha value is -2.03. The molecule has 0 fully saturated rings. The molecule has 0 bridgehead atoms. The molecule has 0 atom stereocenters. The Morgan fingerprint density at radius 2 is 1.96 bits per heavy atom. The van der Waals surface area contributed by atoms with Crippen molar-refractivity contribution in [3.05, 3.63) is 57.5 Å². The maximum absolute atomic E-state index is 12.9. The van der Waals surface area contributed by atoms with E-state index in [-0.39, 0.29) is 11.1 Å². The van der Waals surface area contributed by atoms with Crippen LogP contribution >= 0.6 is 0 Å². The molecule has 0 unspecified atom stereocenters. The monoisotopic (exact) mass is 338 g/mol.